The van der Waals surface area contributed by atoms with Crippen LogP contribution in [0.25, 0.3) is 6.08 Å². The SMILES string of the molecule is CCn1cc(/C=C/C(=O)Nc2cn(C)nc2C(=O)OC)cn1. The topological polar surface area (TPSA) is 91.0 Å². The molecule has 0 radical (unpaired) electrons. The maximum absolute atomic E-state index is 11.9. The second kappa shape index (κ2) is 6.70. The quantitative estimate of drug-likeness (QED) is 0.659. The molecule has 22 heavy (non-hydrogen) atoms. The molecule has 1 N–H and O–H groups in total. The summed E-state index contributed by atoms with van der Waals surface area (Å²) in [4.78, 5) is 23.5. The molecule has 2 heterocycles. The van der Waals surface area contributed by atoms with E-state index in [1.807, 2.05) is 13.1 Å². The average Bonchev–Trinajstić information content (AvgIpc) is 3.10. The number of carbonyl (C=O) groups is 2. The molecule has 0 aliphatic heterocycles. The first-order chi connectivity index (χ1) is 10.5. The minimum Gasteiger partial charge on any atom is -0.464 e. The Labute approximate surface area is 127 Å². The van der Waals surface area contributed by atoms with Crippen LogP contribution in [0.15, 0.2) is 24.7 Å². The molecule has 0 saturated carbocycles. The first-order valence-corrected chi connectivity index (χ1v) is 6.67. The lowest BCUT2D eigenvalue weighted by molar-refractivity contribution is -0.111. The third kappa shape index (κ3) is 3.60. The highest BCUT2D eigenvalue weighted by Crippen LogP contribution is 2.14. The van der Waals surface area contributed by atoms with Crippen molar-refractivity contribution in [3.63, 3.8) is 0 Å². The van der Waals surface area contributed by atoms with Gasteiger partial charge < -0.3 is 10.1 Å². The fourth-order valence-corrected chi connectivity index (χ4v) is 1.81. The molecule has 0 aromatic carbocycles. The number of ether oxygens (including phenoxy) is 1. The Morgan fingerprint density at radius 3 is 2.82 bits per heavy atom. The van der Waals surface area contributed by atoms with E-state index in [1.54, 1.807) is 24.0 Å². The van der Waals surface area contributed by atoms with Crippen LogP contribution in [0.3, 0.4) is 0 Å². The van der Waals surface area contributed by atoms with E-state index in [9.17, 15) is 9.59 Å². The molecule has 2 aromatic heterocycles. The van der Waals surface area contributed by atoms with Gasteiger partial charge in [-0.15, -0.1) is 0 Å². The Morgan fingerprint density at radius 1 is 1.41 bits per heavy atom. The lowest BCUT2D eigenvalue weighted by atomic mass is 10.3. The van der Waals surface area contributed by atoms with Crippen molar-refractivity contribution in [2.45, 2.75) is 13.5 Å². The van der Waals surface area contributed by atoms with E-state index in [-0.39, 0.29) is 11.6 Å². The van der Waals surface area contributed by atoms with Gasteiger partial charge in [-0.25, -0.2) is 4.79 Å². The molecule has 8 heteroatoms. The third-order valence-corrected chi connectivity index (χ3v) is 2.87. The van der Waals surface area contributed by atoms with Crippen LogP contribution >= 0.6 is 0 Å². The Hall–Kier alpha value is -2.90. The van der Waals surface area contributed by atoms with E-state index in [0.29, 0.717) is 5.69 Å². The van der Waals surface area contributed by atoms with Crippen molar-refractivity contribution in [3.8, 4) is 0 Å². The summed E-state index contributed by atoms with van der Waals surface area (Å²) in [5.41, 5.74) is 1.18. The van der Waals surface area contributed by atoms with Gasteiger partial charge >= 0.3 is 5.97 Å². The highest BCUT2D eigenvalue weighted by atomic mass is 16.5. The number of esters is 1. The molecule has 2 aromatic rings. The van der Waals surface area contributed by atoms with Crippen LogP contribution in [0.5, 0.6) is 0 Å². The van der Waals surface area contributed by atoms with Gasteiger partial charge in [-0.1, -0.05) is 0 Å². The number of aryl methyl sites for hydroxylation is 2. The monoisotopic (exact) mass is 303 g/mol. The molecule has 0 bridgehead atoms. The van der Waals surface area contributed by atoms with Crippen LogP contribution in [0.2, 0.25) is 0 Å². The van der Waals surface area contributed by atoms with Gasteiger partial charge in [0.1, 0.15) is 0 Å². The maximum Gasteiger partial charge on any atom is 0.360 e. The summed E-state index contributed by atoms with van der Waals surface area (Å²) in [6.45, 7) is 2.74. The molecule has 1 amide bonds. The Kier molecular flexibility index (Phi) is 4.72. The van der Waals surface area contributed by atoms with Gasteiger partial charge in [0.25, 0.3) is 0 Å². The molecule has 2 rings (SSSR count). The van der Waals surface area contributed by atoms with E-state index < -0.39 is 5.97 Å². The lowest BCUT2D eigenvalue weighted by Crippen LogP contribution is -2.12. The number of nitrogens with zero attached hydrogens (tertiary/aromatic N) is 4. The highest BCUT2D eigenvalue weighted by molar-refractivity contribution is 6.05. The number of hydrogen-bond donors (Lipinski definition) is 1. The molecule has 0 unspecified atom stereocenters. The molecule has 0 saturated heterocycles. The fourth-order valence-electron chi connectivity index (χ4n) is 1.81. The van der Waals surface area contributed by atoms with Gasteiger partial charge in [0.2, 0.25) is 5.91 Å². The number of anilines is 1. The van der Waals surface area contributed by atoms with Crippen LogP contribution in [0.4, 0.5) is 5.69 Å². The Balaban J connectivity index is 2.07. The van der Waals surface area contributed by atoms with Crippen LogP contribution in [0.1, 0.15) is 23.0 Å². The van der Waals surface area contributed by atoms with Gasteiger partial charge in [0.05, 0.1) is 19.0 Å². The van der Waals surface area contributed by atoms with Crippen molar-refractivity contribution in [1.29, 1.82) is 0 Å². The largest absolute Gasteiger partial charge is 0.464 e. The molecule has 116 valence electrons. The zero-order valence-electron chi connectivity index (χ0n) is 12.6. The molecule has 8 nitrogen and oxygen atoms in total. The minimum atomic E-state index is -0.607. The summed E-state index contributed by atoms with van der Waals surface area (Å²) in [5, 5.41) is 10.7. The number of carbonyl (C=O) groups excluding carboxylic acids is 2. The molecular weight excluding hydrogens is 286 g/mol. The lowest BCUT2D eigenvalue weighted by Gasteiger charge is -2.00. The van der Waals surface area contributed by atoms with Crippen molar-refractivity contribution >= 4 is 23.6 Å². The summed E-state index contributed by atoms with van der Waals surface area (Å²) in [7, 11) is 2.91. The summed E-state index contributed by atoms with van der Waals surface area (Å²) in [6.07, 6.45) is 8.03. The summed E-state index contributed by atoms with van der Waals surface area (Å²) in [5.74, 6) is -0.980. The van der Waals surface area contributed by atoms with Crippen molar-refractivity contribution in [2.24, 2.45) is 7.05 Å². The Bertz CT molecular complexity index is 714. The smallest absolute Gasteiger partial charge is 0.360 e. The van der Waals surface area contributed by atoms with Crippen molar-refractivity contribution < 1.29 is 14.3 Å². The predicted molar refractivity (Wildman–Crippen MR) is 80.1 cm³/mol. The first kappa shape index (κ1) is 15.5. The van der Waals surface area contributed by atoms with E-state index in [0.717, 1.165) is 12.1 Å². The van der Waals surface area contributed by atoms with Crippen LogP contribution < -0.4 is 5.32 Å². The average molecular weight is 303 g/mol. The molecule has 0 atom stereocenters. The number of nitrogens with one attached hydrogen (secondary N) is 1. The fraction of sp³-hybridized carbons (Fsp3) is 0.286. The van der Waals surface area contributed by atoms with E-state index in [2.05, 4.69) is 20.3 Å². The molecule has 0 spiro atoms. The standard InChI is InChI=1S/C14H17N5O3/c1-4-19-8-10(7-15-19)5-6-12(20)16-11-9-18(2)17-13(11)14(21)22-3/h5-9H,4H2,1-3H3,(H,16,20)/b6-5+. The van der Waals surface area contributed by atoms with Gasteiger partial charge in [0.15, 0.2) is 5.69 Å². The molecule has 0 aliphatic carbocycles. The number of amides is 1. The minimum absolute atomic E-state index is 0.0607. The van der Waals surface area contributed by atoms with E-state index >= 15 is 0 Å². The normalized spacial score (nSPS) is 10.9. The highest BCUT2D eigenvalue weighted by Gasteiger charge is 2.17. The molecular formula is C14H17N5O3. The van der Waals surface area contributed by atoms with Crippen molar-refractivity contribution in [2.75, 3.05) is 12.4 Å². The summed E-state index contributed by atoms with van der Waals surface area (Å²) in [6, 6.07) is 0. The number of rotatable bonds is 5. The number of methoxy groups -OCH3 is 1. The van der Waals surface area contributed by atoms with Gasteiger partial charge in [-0.3, -0.25) is 14.2 Å². The van der Waals surface area contributed by atoms with Crippen LogP contribution in [0, 0.1) is 0 Å². The second-order valence-electron chi connectivity index (χ2n) is 4.51. The van der Waals surface area contributed by atoms with Gasteiger partial charge in [0, 0.05) is 37.6 Å². The number of aromatic nitrogens is 4. The predicted octanol–water partition coefficient (Wildman–Crippen LogP) is 1.07. The first-order valence-electron chi connectivity index (χ1n) is 6.67. The molecule has 0 fully saturated rings. The summed E-state index contributed by atoms with van der Waals surface area (Å²) >= 11 is 0. The Morgan fingerprint density at radius 2 is 2.18 bits per heavy atom. The zero-order chi connectivity index (χ0) is 16.1. The maximum atomic E-state index is 11.9. The van der Waals surface area contributed by atoms with Gasteiger partial charge in [-0.05, 0) is 13.0 Å². The van der Waals surface area contributed by atoms with Crippen molar-refractivity contribution in [1.82, 2.24) is 19.6 Å². The zero-order valence-corrected chi connectivity index (χ0v) is 12.6. The van der Waals surface area contributed by atoms with Gasteiger partial charge in [-0.2, -0.15) is 10.2 Å². The third-order valence-electron chi connectivity index (χ3n) is 2.87. The van der Waals surface area contributed by atoms with Crippen LogP contribution in [-0.2, 0) is 23.1 Å². The molecule has 0 aliphatic rings. The van der Waals surface area contributed by atoms with E-state index in [1.165, 1.54) is 24.1 Å². The van der Waals surface area contributed by atoms with Crippen LogP contribution in [-0.4, -0.2) is 38.5 Å². The number of hydrogen-bond acceptors (Lipinski definition) is 5. The van der Waals surface area contributed by atoms with Crippen molar-refractivity contribution in [3.05, 3.63) is 35.9 Å². The van der Waals surface area contributed by atoms with E-state index in [4.69, 9.17) is 0 Å². The second-order valence-corrected chi connectivity index (χ2v) is 4.51. The summed E-state index contributed by atoms with van der Waals surface area (Å²) < 4.78 is 7.81.